The Labute approximate surface area is 164 Å². The Kier molecular flexibility index (Phi) is 5.72. The fourth-order valence-electron chi connectivity index (χ4n) is 3.44. The normalized spacial score (nSPS) is 13.6. The topological polar surface area (TPSA) is 73.1 Å². The summed E-state index contributed by atoms with van der Waals surface area (Å²) in [5.41, 5.74) is 3.67. The fourth-order valence-corrected chi connectivity index (χ4v) is 3.44. The first-order chi connectivity index (χ1) is 12.7. The molecule has 0 bridgehead atoms. The van der Waals surface area contributed by atoms with Gasteiger partial charge in [-0.3, -0.25) is 9.48 Å². The quantitative estimate of drug-likeness (QED) is 0.717. The van der Waals surface area contributed by atoms with Gasteiger partial charge in [0.15, 0.2) is 0 Å². The van der Waals surface area contributed by atoms with E-state index in [9.17, 15) is 4.79 Å². The number of benzene rings is 1. The first-order valence-corrected chi connectivity index (χ1v) is 8.83. The van der Waals surface area contributed by atoms with Crippen LogP contribution in [0.15, 0.2) is 30.3 Å². The molecule has 2 N–H and O–H groups in total. The summed E-state index contributed by atoms with van der Waals surface area (Å²) in [5.74, 6) is 0.673. The van der Waals surface area contributed by atoms with Crippen LogP contribution in [0.1, 0.15) is 28.3 Å². The number of amides is 1. The van der Waals surface area contributed by atoms with Crippen molar-refractivity contribution in [2.75, 3.05) is 13.7 Å². The molecule has 0 atom stereocenters. The summed E-state index contributed by atoms with van der Waals surface area (Å²) in [6.07, 6.45) is 1.07. The van der Waals surface area contributed by atoms with E-state index in [1.807, 2.05) is 40.6 Å². The predicted molar refractivity (Wildman–Crippen MR) is 106 cm³/mol. The fraction of sp³-hybridized carbons (Fsp3) is 0.368. The summed E-state index contributed by atoms with van der Waals surface area (Å²) in [6.45, 7) is 3.18. The molecule has 0 fully saturated rings. The number of nitrogens with one attached hydrogen (secondary N) is 2. The van der Waals surface area contributed by atoms with Crippen LogP contribution in [0, 0.1) is 0 Å². The largest absolute Gasteiger partial charge is 0.497 e. The lowest BCUT2D eigenvalue weighted by Crippen LogP contribution is -2.25. The first kappa shape index (κ1) is 19.3. The van der Waals surface area contributed by atoms with Crippen LogP contribution < -0.4 is 15.4 Å². The molecule has 3 aromatic rings. The zero-order chi connectivity index (χ0) is 18.1. The Bertz CT molecular complexity index is 939. The molecule has 0 aliphatic carbocycles. The second kappa shape index (κ2) is 8.02. The number of hydrogen-bond donors (Lipinski definition) is 2. The van der Waals surface area contributed by atoms with Crippen LogP contribution in [0.5, 0.6) is 5.75 Å². The molecule has 1 aliphatic rings. The van der Waals surface area contributed by atoms with Crippen LogP contribution in [-0.4, -0.2) is 33.9 Å². The first-order valence-electron chi connectivity index (χ1n) is 8.83. The molecule has 8 heteroatoms. The number of aromatic nitrogens is 3. The highest BCUT2D eigenvalue weighted by Gasteiger charge is 2.15. The van der Waals surface area contributed by atoms with Crippen LogP contribution >= 0.6 is 12.4 Å². The Morgan fingerprint density at radius 2 is 2.19 bits per heavy atom. The van der Waals surface area contributed by atoms with Gasteiger partial charge in [-0.05, 0) is 43.3 Å². The molecule has 2 aromatic heterocycles. The highest BCUT2D eigenvalue weighted by Crippen LogP contribution is 2.23. The zero-order valence-electron chi connectivity index (χ0n) is 15.5. The van der Waals surface area contributed by atoms with E-state index in [0.717, 1.165) is 48.4 Å². The van der Waals surface area contributed by atoms with E-state index < -0.39 is 0 Å². The van der Waals surface area contributed by atoms with E-state index in [0.29, 0.717) is 12.2 Å². The molecule has 144 valence electrons. The molecule has 0 saturated carbocycles. The van der Waals surface area contributed by atoms with Crippen LogP contribution in [-0.2, 0) is 26.7 Å². The molecule has 0 radical (unpaired) electrons. The number of nitrogens with zero attached hydrogens (tertiary/aromatic N) is 3. The zero-order valence-corrected chi connectivity index (χ0v) is 16.3. The smallest absolute Gasteiger partial charge is 0.268 e. The van der Waals surface area contributed by atoms with Crippen LogP contribution in [0.4, 0.5) is 0 Å². The minimum absolute atomic E-state index is 0. The summed E-state index contributed by atoms with van der Waals surface area (Å²) in [7, 11) is 3.54. The maximum atomic E-state index is 12.7. The number of rotatable bonds is 4. The van der Waals surface area contributed by atoms with Crippen LogP contribution in [0.3, 0.4) is 0 Å². The van der Waals surface area contributed by atoms with Gasteiger partial charge in [0.05, 0.1) is 25.0 Å². The summed E-state index contributed by atoms with van der Waals surface area (Å²) in [4.78, 5) is 12.7. The summed E-state index contributed by atoms with van der Waals surface area (Å²) in [5, 5.41) is 11.9. The monoisotopic (exact) mass is 389 g/mol. The average molecular weight is 390 g/mol. The number of fused-ring (bicyclic) bond motifs is 2. The van der Waals surface area contributed by atoms with Crippen molar-refractivity contribution in [3.63, 3.8) is 0 Å². The number of halogens is 1. The Hall–Kier alpha value is -2.51. The summed E-state index contributed by atoms with van der Waals surface area (Å²) in [6, 6.07) is 9.75. The standard InChI is InChI=1S/C19H23N5O2.ClH/c1-23-17-5-4-16(26-2)8-13(17)9-18(23)19(25)21-11-14-10-15-12-20-6-3-7-24(15)22-14;/h4-5,8-10,20H,3,6-7,11-12H2,1-2H3,(H,21,25);1H. The molecule has 27 heavy (non-hydrogen) atoms. The van der Waals surface area contributed by atoms with Crippen molar-refractivity contribution in [2.45, 2.75) is 26.1 Å². The SMILES string of the molecule is COc1ccc2c(c1)cc(C(=O)NCc1cc3n(n1)CCCNC3)n2C.Cl. The maximum Gasteiger partial charge on any atom is 0.268 e. The molecule has 1 aromatic carbocycles. The predicted octanol–water partition coefficient (Wildman–Crippen LogP) is 2.23. The van der Waals surface area contributed by atoms with Crippen molar-refractivity contribution < 1.29 is 9.53 Å². The average Bonchev–Trinajstić information content (AvgIpc) is 3.12. The van der Waals surface area contributed by atoms with Crippen molar-refractivity contribution in [1.29, 1.82) is 0 Å². The molecule has 1 aliphatic heterocycles. The second-order valence-corrected chi connectivity index (χ2v) is 6.58. The van der Waals surface area contributed by atoms with Gasteiger partial charge in [-0.25, -0.2) is 0 Å². The third-order valence-electron chi connectivity index (χ3n) is 4.86. The molecule has 0 spiro atoms. The molecule has 0 saturated heterocycles. The number of aryl methyl sites for hydroxylation is 2. The third kappa shape index (κ3) is 3.79. The van der Waals surface area contributed by atoms with Gasteiger partial charge >= 0.3 is 0 Å². The number of ether oxygens (including phenoxy) is 1. The number of hydrogen-bond acceptors (Lipinski definition) is 4. The van der Waals surface area contributed by atoms with Gasteiger partial charge in [0.1, 0.15) is 11.4 Å². The Morgan fingerprint density at radius 1 is 1.33 bits per heavy atom. The molecule has 0 unspecified atom stereocenters. The number of methoxy groups -OCH3 is 1. The van der Waals surface area contributed by atoms with Crippen LogP contribution in [0.25, 0.3) is 10.9 Å². The molecule has 1 amide bonds. The lowest BCUT2D eigenvalue weighted by atomic mass is 10.2. The highest BCUT2D eigenvalue weighted by molar-refractivity contribution is 5.99. The summed E-state index contributed by atoms with van der Waals surface area (Å²) >= 11 is 0. The van der Waals surface area contributed by atoms with E-state index in [4.69, 9.17) is 4.74 Å². The van der Waals surface area contributed by atoms with E-state index in [-0.39, 0.29) is 18.3 Å². The van der Waals surface area contributed by atoms with E-state index in [1.165, 1.54) is 5.69 Å². The van der Waals surface area contributed by atoms with E-state index in [1.54, 1.807) is 7.11 Å². The van der Waals surface area contributed by atoms with Crippen molar-refractivity contribution in [1.82, 2.24) is 25.0 Å². The van der Waals surface area contributed by atoms with Gasteiger partial charge in [0.25, 0.3) is 5.91 Å². The van der Waals surface area contributed by atoms with Gasteiger partial charge < -0.3 is 19.9 Å². The van der Waals surface area contributed by atoms with Crippen molar-refractivity contribution in [3.8, 4) is 5.75 Å². The van der Waals surface area contributed by atoms with Gasteiger partial charge in [-0.15, -0.1) is 12.4 Å². The van der Waals surface area contributed by atoms with Gasteiger partial charge in [-0.2, -0.15) is 5.10 Å². The summed E-state index contributed by atoms with van der Waals surface area (Å²) < 4.78 is 9.19. The van der Waals surface area contributed by atoms with Crippen molar-refractivity contribution >= 4 is 29.2 Å². The van der Waals surface area contributed by atoms with Gasteiger partial charge in [0, 0.05) is 31.0 Å². The van der Waals surface area contributed by atoms with Gasteiger partial charge in [-0.1, -0.05) is 0 Å². The van der Waals surface area contributed by atoms with E-state index in [2.05, 4.69) is 21.8 Å². The minimum atomic E-state index is -0.107. The molecule has 7 nitrogen and oxygen atoms in total. The van der Waals surface area contributed by atoms with E-state index >= 15 is 0 Å². The molecule has 4 rings (SSSR count). The Morgan fingerprint density at radius 3 is 3.00 bits per heavy atom. The van der Waals surface area contributed by atoms with Crippen molar-refractivity contribution in [2.24, 2.45) is 7.05 Å². The minimum Gasteiger partial charge on any atom is -0.497 e. The maximum absolute atomic E-state index is 12.7. The third-order valence-corrected chi connectivity index (χ3v) is 4.86. The molecule has 3 heterocycles. The Balaban J connectivity index is 0.00000210. The lowest BCUT2D eigenvalue weighted by Gasteiger charge is -2.05. The molecular formula is C19H24ClN5O2. The number of carbonyl (C=O) groups is 1. The second-order valence-electron chi connectivity index (χ2n) is 6.58. The molecular weight excluding hydrogens is 366 g/mol. The highest BCUT2D eigenvalue weighted by atomic mass is 35.5. The number of carbonyl (C=O) groups excluding carboxylic acids is 1. The van der Waals surface area contributed by atoms with Crippen LogP contribution in [0.2, 0.25) is 0 Å². The van der Waals surface area contributed by atoms with Gasteiger partial charge in [0.2, 0.25) is 0 Å². The lowest BCUT2D eigenvalue weighted by molar-refractivity contribution is 0.0942. The van der Waals surface area contributed by atoms with Crippen molar-refractivity contribution in [3.05, 3.63) is 47.4 Å².